The molecule has 0 spiro atoms. The third kappa shape index (κ3) is 7.21. The van der Waals surface area contributed by atoms with Crippen LogP contribution in [0.5, 0.6) is 5.75 Å². The summed E-state index contributed by atoms with van der Waals surface area (Å²) >= 11 is 5.26. The zero-order valence-corrected chi connectivity index (χ0v) is 18.6. The van der Waals surface area contributed by atoms with Crippen molar-refractivity contribution in [3.05, 3.63) is 90.0 Å². The van der Waals surface area contributed by atoms with Crippen LogP contribution < -0.4 is 20.7 Å². The standard InChI is InChI=1S/C25H25N3O3S/c1-2-23(29)26-20-11-7-12-21(17-20)27-25(32)28-24(30)19-10-6-13-22(16-19)31-15-14-18-8-4-3-5-9-18/h3-13,16-17H,2,14-15H2,1H3,(H,26,29)(H2,27,28,30,32). The Bertz CT molecular complexity index is 1090. The van der Waals surface area contributed by atoms with Crippen molar-refractivity contribution >= 4 is 40.5 Å². The Kier molecular flexibility index (Phi) is 8.34. The topological polar surface area (TPSA) is 79.5 Å². The van der Waals surface area contributed by atoms with Crippen LogP contribution in [0.2, 0.25) is 0 Å². The van der Waals surface area contributed by atoms with E-state index in [1.165, 1.54) is 5.56 Å². The first-order valence-corrected chi connectivity index (χ1v) is 10.7. The van der Waals surface area contributed by atoms with Gasteiger partial charge >= 0.3 is 0 Å². The van der Waals surface area contributed by atoms with Crippen LogP contribution in [0.1, 0.15) is 29.3 Å². The highest BCUT2D eigenvalue weighted by Gasteiger charge is 2.10. The highest BCUT2D eigenvalue weighted by Crippen LogP contribution is 2.16. The first kappa shape index (κ1) is 23.0. The minimum atomic E-state index is -0.341. The molecule has 0 aliphatic rings. The molecule has 3 rings (SSSR count). The molecule has 0 heterocycles. The molecule has 0 fully saturated rings. The zero-order chi connectivity index (χ0) is 22.8. The molecule has 3 aromatic carbocycles. The zero-order valence-electron chi connectivity index (χ0n) is 17.8. The largest absolute Gasteiger partial charge is 0.493 e. The van der Waals surface area contributed by atoms with Gasteiger partial charge in [-0.3, -0.25) is 14.9 Å². The third-order valence-electron chi connectivity index (χ3n) is 4.55. The van der Waals surface area contributed by atoms with Gasteiger partial charge in [0.05, 0.1) is 6.61 Å². The van der Waals surface area contributed by atoms with Crippen molar-refractivity contribution in [1.29, 1.82) is 0 Å². The van der Waals surface area contributed by atoms with Gasteiger partial charge in [-0.05, 0) is 54.2 Å². The van der Waals surface area contributed by atoms with Gasteiger partial charge in [0.2, 0.25) is 5.91 Å². The summed E-state index contributed by atoms with van der Waals surface area (Å²) in [5.41, 5.74) is 2.94. The van der Waals surface area contributed by atoms with Gasteiger partial charge in [0.25, 0.3) is 5.91 Å². The van der Waals surface area contributed by atoms with Gasteiger partial charge in [-0.2, -0.15) is 0 Å². The number of hydrogen-bond acceptors (Lipinski definition) is 4. The van der Waals surface area contributed by atoms with Gasteiger partial charge in [0.1, 0.15) is 5.75 Å². The molecule has 0 aliphatic carbocycles. The highest BCUT2D eigenvalue weighted by molar-refractivity contribution is 7.80. The first-order valence-electron chi connectivity index (χ1n) is 10.3. The second-order valence-corrected chi connectivity index (χ2v) is 7.41. The maximum Gasteiger partial charge on any atom is 0.257 e. The van der Waals surface area contributed by atoms with E-state index < -0.39 is 0 Å². The molecule has 0 atom stereocenters. The van der Waals surface area contributed by atoms with E-state index in [0.717, 1.165) is 6.42 Å². The van der Waals surface area contributed by atoms with Gasteiger partial charge in [0, 0.05) is 29.8 Å². The average Bonchev–Trinajstić information content (AvgIpc) is 2.80. The quantitative estimate of drug-likeness (QED) is 0.433. The molecule has 3 N–H and O–H groups in total. The minimum Gasteiger partial charge on any atom is -0.493 e. The van der Waals surface area contributed by atoms with Crippen molar-refractivity contribution in [2.75, 3.05) is 17.2 Å². The number of amides is 2. The maximum absolute atomic E-state index is 12.6. The Morgan fingerprint density at radius 3 is 2.34 bits per heavy atom. The van der Waals surface area contributed by atoms with Gasteiger partial charge in [-0.15, -0.1) is 0 Å². The van der Waals surface area contributed by atoms with Gasteiger partial charge in [-0.25, -0.2) is 0 Å². The van der Waals surface area contributed by atoms with E-state index >= 15 is 0 Å². The fourth-order valence-corrected chi connectivity index (χ4v) is 3.13. The normalized spacial score (nSPS) is 10.2. The fraction of sp³-hybridized carbons (Fsp3) is 0.160. The van der Waals surface area contributed by atoms with Crippen molar-refractivity contribution in [2.24, 2.45) is 0 Å². The summed E-state index contributed by atoms with van der Waals surface area (Å²) in [7, 11) is 0. The Hall–Kier alpha value is -3.71. The molecule has 0 saturated heterocycles. The van der Waals surface area contributed by atoms with Crippen LogP contribution >= 0.6 is 12.2 Å². The number of thiocarbonyl (C=S) groups is 1. The van der Waals surface area contributed by atoms with E-state index in [-0.39, 0.29) is 16.9 Å². The minimum absolute atomic E-state index is 0.0797. The lowest BCUT2D eigenvalue weighted by Gasteiger charge is -2.12. The lowest BCUT2D eigenvalue weighted by atomic mass is 10.2. The smallest absolute Gasteiger partial charge is 0.257 e. The molecule has 0 radical (unpaired) electrons. The number of nitrogens with one attached hydrogen (secondary N) is 3. The second kappa shape index (κ2) is 11.6. The van der Waals surface area contributed by atoms with Gasteiger partial charge in [0.15, 0.2) is 5.11 Å². The summed E-state index contributed by atoms with van der Waals surface area (Å²) in [6.07, 6.45) is 1.17. The second-order valence-electron chi connectivity index (χ2n) is 7.00. The van der Waals surface area contributed by atoms with Crippen molar-refractivity contribution in [2.45, 2.75) is 19.8 Å². The molecule has 7 heteroatoms. The predicted octanol–water partition coefficient (Wildman–Crippen LogP) is 4.78. The summed E-state index contributed by atoms with van der Waals surface area (Å²) in [5.74, 6) is 0.196. The number of ether oxygens (including phenoxy) is 1. The Morgan fingerprint density at radius 2 is 1.59 bits per heavy atom. The molecule has 0 bridgehead atoms. The van der Waals surface area contributed by atoms with Gasteiger partial charge < -0.3 is 15.4 Å². The molecule has 0 aliphatic heterocycles. The van der Waals surface area contributed by atoms with Gasteiger partial charge in [-0.1, -0.05) is 49.4 Å². The molecule has 32 heavy (non-hydrogen) atoms. The molecule has 3 aromatic rings. The summed E-state index contributed by atoms with van der Waals surface area (Å²) in [4.78, 5) is 24.2. The summed E-state index contributed by atoms with van der Waals surface area (Å²) < 4.78 is 5.79. The SMILES string of the molecule is CCC(=O)Nc1cccc(NC(=S)NC(=O)c2cccc(OCCc3ccccc3)c2)c1. The maximum atomic E-state index is 12.6. The molecule has 0 aromatic heterocycles. The number of rotatable bonds is 8. The molecule has 164 valence electrons. The van der Waals surface area contributed by atoms with Crippen molar-refractivity contribution in [1.82, 2.24) is 5.32 Å². The molecule has 0 saturated carbocycles. The average molecular weight is 448 g/mol. The van der Waals surface area contributed by atoms with E-state index in [1.54, 1.807) is 49.4 Å². The number of carbonyl (C=O) groups excluding carboxylic acids is 2. The number of anilines is 2. The van der Waals surface area contributed by atoms with E-state index in [4.69, 9.17) is 17.0 Å². The predicted molar refractivity (Wildman–Crippen MR) is 131 cm³/mol. The third-order valence-corrected chi connectivity index (χ3v) is 4.76. The van der Waals surface area contributed by atoms with E-state index in [9.17, 15) is 9.59 Å². The highest BCUT2D eigenvalue weighted by atomic mass is 32.1. The number of carbonyl (C=O) groups is 2. The first-order chi connectivity index (χ1) is 15.5. The van der Waals surface area contributed by atoms with Crippen LogP contribution in [0.25, 0.3) is 0 Å². The van der Waals surface area contributed by atoms with Crippen molar-refractivity contribution < 1.29 is 14.3 Å². The molecule has 2 amide bonds. The fourth-order valence-electron chi connectivity index (χ4n) is 2.92. The summed E-state index contributed by atoms with van der Waals surface area (Å²) in [6, 6.07) is 24.1. The lowest BCUT2D eigenvalue weighted by Crippen LogP contribution is -2.34. The Balaban J connectivity index is 1.53. The monoisotopic (exact) mass is 447 g/mol. The van der Waals surface area contributed by atoms with E-state index in [1.807, 2.05) is 24.3 Å². The van der Waals surface area contributed by atoms with Crippen LogP contribution in [0.4, 0.5) is 11.4 Å². The Labute approximate surface area is 193 Å². The van der Waals surface area contributed by atoms with Crippen molar-refractivity contribution in [3.63, 3.8) is 0 Å². The van der Waals surface area contributed by atoms with Crippen molar-refractivity contribution in [3.8, 4) is 5.75 Å². The molecule has 0 unspecified atom stereocenters. The molecular weight excluding hydrogens is 422 g/mol. The number of benzene rings is 3. The molecule has 6 nitrogen and oxygen atoms in total. The van der Waals surface area contributed by atoms with Crippen LogP contribution in [-0.4, -0.2) is 23.5 Å². The Morgan fingerprint density at radius 1 is 0.875 bits per heavy atom. The molecular formula is C25H25N3O3S. The van der Waals surface area contributed by atoms with Crippen LogP contribution in [0, 0.1) is 0 Å². The van der Waals surface area contributed by atoms with E-state index in [2.05, 4.69) is 28.1 Å². The van der Waals surface area contributed by atoms with Crippen LogP contribution in [0.3, 0.4) is 0 Å². The summed E-state index contributed by atoms with van der Waals surface area (Å²) in [6.45, 7) is 2.30. The summed E-state index contributed by atoms with van der Waals surface area (Å²) in [5, 5.41) is 8.56. The van der Waals surface area contributed by atoms with Crippen LogP contribution in [-0.2, 0) is 11.2 Å². The van der Waals surface area contributed by atoms with Crippen LogP contribution in [0.15, 0.2) is 78.9 Å². The lowest BCUT2D eigenvalue weighted by molar-refractivity contribution is -0.115. The number of hydrogen-bond donors (Lipinski definition) is 3. The van der Waals surface area contributed by atoms with E-state index in [0.29, 0.717) is 35.7 Å².